The van der Waals surface area contributed by atoms with Gasteiger partial charge in [-0.2, -0.15) is 0 Å². The van der Waals surface area contributed by atoms with E-state index in [9.17, 15) is 9.59 Å². The minimum Gasteiger partial charge on any atom is -0.489 e. The van der Waals surface area contributed by atoms with Crippen molar-refractivity contribution in [3.05, 3.63) is 103 Å². The Bertz CT molecular complexity index is 1210. The molecule has 0 aromatic heterocycles. The van der Waals surface area contributed by atoms with Crippen LogP contribution in [0, 0.1) is 0 Å². The first kappa shape index (κ1) is 22.7. The van der Waals surface area contributed by atoms with Crippen molar-refractivity contribution >= 4 is 63.8 Å². The molecular formula is C24H16Cl3NO3S. The van der Waals surface area contributed by atoms with Crippen molar-refractivity contribution in [1.29, 1.82) is 0 Å². The largest absolute Gasteiger partial charge is 0.489 e. The highest BCUT2D eigenvalue weighted by atomic mass is 35.5. The fourth-order valence-electron chi connectivity index (χ4n) is 3.06. The van der Waals surface area contributed by atoms with Crippen molar-refractivity contribution in [3.63, 3.8) is 0 Å². The molecular weight excluding hydrogens is 489 g/mol. The minimum atomic E-state index is -0.340. The highest BCUT2D eigenvalue weighted by Gasteiger charge is 2.35. The number of hydrogen-bond donors (Lipinski definition) is 0. The number of carbonyl (C=O) groups excluding carboxylic acids is 2. The van der Waals surface area contributed by atoms with Crippen LogP contribution in [-0.2, 0) is 17.9 Å². The van der Waals surface area contributed by atoms with Crippen molar-refractivity contribution < 1.29 is 14.3 Å². The molecule has 1 aliphatic heterocycles. The Morgan fingerprint density at radius 2 is 1.66 bits per heavy atom. The summed E-state index contributed by atoms with van der Waals surface area (Å²) in [6, 6.07) is 19.8. The highest BCUT2D eigenvalue weighted by Crippen LogP contribution is 2.34. The van der Waals surface area contributed by atoms with Gasteiger partial charge in [-0.15, -0.1) is 0 Å². The zero-order chi connectivity index (χ0) is 22.7. The molecule has 1 heterocycles. The van der Waals surface area contributed by atoms with E-state index >= 15 is 0 Å². The molecule has 4 rings (SSSR count). The molecule has 32 heavy (non-hydrogen) atoms. The summed E-state index contributed by atoms with van der Waals surface area (Å²) in [5.74, 6) is 0.349. The SMILES string of the molecule is O=C1S/C(=C\c2ccc(OCc3cccc(Cl)c3)cc2)C(=O)N1Cc1ccc(Cl)c(Cl)c1. The minimum absolute atomic E-state index is 0.134. The molecule has 3 aromatic carbocycles. The van der Waals surface area contributed by atoms with Crippen LogP contribution in [0.1, 0.15) is 16.7 Å². The van der Waals surface area contributed by atoms with Crippen LogP contribution in [0.5, 0.6) is 5.75 Å². The summed E-state index contributed by atoms with van der Waals surface area (Å²) in [5, 5.41) is 1.14. The lowest BCUT2D eigenvalue weighted by molar-refractivity contribution is -0.123. The fraction of sp³-hybridized carbons (Fsp3) is 0.0833. The van der Waals surface area contributed by atoms with Gasteiger partial charge in [0, 0.05) is 5.02 Å². The smallest absolute Gasteiger partial charge is 0.293 e. The van der Waals surface area contributed by atoms with Crippen LogP contribution in [-0.4, -0.2) is 16.0 Å². The third kappa shape index (κ3) is 5.48. The Labute approximate surface area is 204 Å². The quantitative estimate of drug-likeness (QED) is 0.327. The Morgan fingerprint density at radius 3 is 2.38 bits per heavy atom. The zero-order valence-corrected chi connectivity index (χ0v) is 19.6. The zero-order valence-electron chi connectivity index (χ0n) is 16.6. The van der Waals surface area contributed by atoms with E-state index < -0.39 is 0 Å². The average Bonchev–Trinajstić information content (AvgIpc) is 3.03. The number of nitrogens with zero attached hydrogens (tertiary/aromatic N) is 1. The standard InChI is InChI=1S/C24H16Cl3NO3S/c25-18-3-1-2-17(10-18)14-31-19-7-4-15(5-8-19)12-22-23(29)28(24(30)32-22)13-16-6-9-20(26)21(27)11-16/h1-12H,13-14H2/b22-12-. The van der Waals surface area contributed by atoms with Gasteiger partial charge in [-0.3, -0.25) is 14.5 Å². The summed E-state index contributed by atoms with van der Waals surface area (Å²) in [6.45, 7) is 0.530. The molecule has 2 amide bonds. The van der Waals surface area contributed by atoms with Gasteiger partial charge < -0.3 is 4.74 Å². The van der Waals surface area contributed by atoms with E-state index in [-0.39, 0.29) is 17.7 Å². The molecule has 0 radical (unpaired) electrons. The lowest BCUT2D eigenvalue weighted by Crippen LogP contribution is -2.27. The average molecular weight is 505 g/mol. The molecule has 1 saturated heterocycles. The number of imide groups is 1. The highest BCUT2D eigenvalue weighted by molar-refractivity contribution is 8.18. The second-order valence-corrected chi connectivity index (χ2v) is 9.25. The molecule has 4 nitrogen and oxygen atoms in total. The second-order valence-electron chi connectivity index (χ2n) is 7.00. The number of thioether (sulfide) groups is 1. The van der Waals surface area contributed by atoms with E-state index in [0.29, 0.717) is 32.3 Å². The van der Waals surface area contributed by atoms with Gasteiger partial charge in [0.15, 0.2) is 0 Å². The summed E-state index contributed by atoms with van der Waals surface area (Å²) < 4.78 is 5.78. The Morgan fingerprint density at radius 1 is 0.875 bits per heavy atom. The Hall–Kier alpha value is -2.44. The number of benzene rings is 3. The van der Waals surface area contributed by atoms with Gasteiger partial charge in [-0.1, -0.05) is 65.1 Å². The number of ether oxygens (including phenoxy) is 1. The van der Waals surface area contributed by atoms with Gasteiger partial charge >= 0.3 is 0 Å². The molecule has 3 aromatic rings. The Balaban J connectivity index is 1.41. The summed E-state index contributed by atoms with van der Waals surface area (Å²) in [7, 11) is 0. The summed E-state index contributed by atoms with van der Waals surface area (Å²) in [4.78, 5) is 26.7. The normalized spacial score (nSPS) is 15.0. The van der Waals surface area contributed by atoms with E-state index in [1.807, 2.05) is 48.5 Å². The van der Waals surface area contributed by atoms with Crippen LogP contribution in [0.15, 0.2) is 71.6 Å². The van der Waals surface area contributed by atoms with Gasteiger partial charge in [0.25, 0.3) is 11.1 Å². The molecule has 0 bridgehead atoms. The molecule has 162 valence electrons. The van der Waals surface area contributed by atoms with E-state index in [1.54, 1.807) is 24.3 Å². The predicted octanol–water partition coefficient (Wildman–Crippen LogP) is 7.46. The molecule has 0 saturated carbocycles. The molecule has 0 atom stereocenters. The van der Waals surface area contributed by atoms with Crippen LogP contribution >= 0.6 is 46.6 Å². The number of hydrogen-bond acceptors (Lipinski definition) is 4. The molecule has 8 heteroatoms. The lowest BCUT2D eigenvalue weighted by Gasteiger charge is -2.12. The van der Waals surface area contributed by atoms with E-state index in [0.717, 1.165) is 28.5 Å². The second kappa shape index (κ2) is 10.0. The monoisotopic (exact) mass is 503 g/mol. The molecule has 0 unspecified atom stereocenters. The Kier molecular flexibility index (Phi) is 7.11. The number of carbonyl (C=O) groups is 2. The molecule has 1 aliphatic rings. The van der Waals surface area contributed by atoms with Crippen LogP contribution in [0.3, 0.4) is 0 Å². The fourth-order valence-corrected chi connectivity index (χ4v) is 4.43. The first-order chi connectivity index (χ1) is 15.4. The first-order valence-electron chi connectivity index (χ1n) is 9.55. The van der Waals surface area contributed by atoms with Crippen molar-refractivity contribution in [2.45, 2.75) is 13.2 Å². The number of halogens is 3. The lowest BCUT2D eigenvalue weighted by atomic mass is 10.2. The maximum Gasteiger partial charge on any atom is 0.293 e. The van der Waals surface area contributed by atoms with Gasteiger partial charge in [0.05, 0.1) is 21.5 Å². The molecule has 0 N–H and O–H groups in total. The summed E-state index contributed by atoms with van der Waals surface area (Å²) >= 11 is 18.9. The molecule has 1 fully saturated rings. The van der Waals surface area contributed by atoms with Crippen molar-refractivity contribution in [2.24, 2.45) is 0 Å². The van der Waals surface area contributed by atoms with Crippen LogP contribution < -0.4 is 4.74 Å². The van der Waals surface area contributed by atoms with Gasteiger partial charge in [-0.25, -0.2) is 0 Å². The molecule has 0 aliphatic carbocycles. The third-order valence-corrected chi connectivity index (χ3v) is 6.55. The van der Waals surface area contributed by atoms with Gasteiger partial charge in [0.2, 0.25) is 0 Å². The van der Waals surface area contributed by atoms with E-state index in [1.165, 1.54) is 4.90 Å². The van der Waals surface area contributed by atoms with Gasteiger partial charge in [0.1, 0.15) is 12.4 Å². The predicted molar refractivity (Wildman–Crippen MR) is 130 cm³/mol. The number of amides is 2. The van der Waals surface area contributed by atoms with Crippen LogP contribution in [0.2, 0.25) is 15.1 Å². The maximum absolute atomic E-state index is 12.8. The van der Waals surface area contributed by atoms with Crippen LogP contribution in [0.25, 0.3) is 6.08 Å². The summed E-state index contributed by atoms with van der Waals surface area (Å²) in [5.41, 5.74) is 2.49. The van der Waals surface area contributed by atoms with Gasteiger partial charge in [-0.05, 0) is 70.9 Å². The summed E-state index contributed by atoms with van der Waals surface area (Å²) in [6.07, 6.45) is 1.69. The van der Waals surface area contributed by atoms with Crippen molar-refractivity contribution in [1.82, 2.24) is 4.90 Å². The van der Waals surface area contributed by atoms with Crippen molar-refractivity contribution in [2.75, 3.05) is 0 Å². The van der Waals surface area contributed by atoms with Crippen LogP contribution in [0.4, 0.5) is 4.79 Å². The third-order valence-electron chi connectivity index (χ3n) is 4.67. The topological polar surface area (TPSA) is 46.6 Å². The number of rotatable bonds is 6. The first-order valence-corrected chi connectivity index (χ1v) is 11.5. The molecule has 0 spiro atoms. The van der Waals surface area contributed by atoms with E-state index in [4.69, 9.17) is 39.5 Å². The van der Waals surface area contributed by atoms with Crippen molar-refractivity contribution in [3.8, 4) is 5.75 Å². The van der Waals surface area contributed by atoms with E-state index in [2.05, 4.69) is 0 Å². The maximum atomic E-state index is 12.8.